The van der Waals surface area contributed by atoms with Crippen LogP contribution in [0.25, 0.3) is 0 Å². The minimum atomic E-state index is -4.59. The first-order valence-corrected chi connectivity index (χ1v) is 6.04. The molecule has 0 aliphatic heterocycles. The molecule has 120 valence electrons. The molecule has 21 heavy (non-hydrogen) atoms. The van der Waals surface area contributed by atoms with E-state index in [2.05, 4.69) is 0 Å². The molecule has 0 unspecified atom stereocenters. The van der Waals surface area contributed by atoms with E-state index in [4.69, 9.17) is 19.9 Å². The minimum Gasteiger partial charge on any atom is -0.496 e. The molecule has 3 N–H and O–H groups in total. The number of nitrogens with two attached hydrogens (primary N) is 1. The Hall–Kier alpha value is -1.67. The molecule has 0 heterocycles. The molecule has 0 aliphatic rings. The van der Waals surface area contributed by atoms with Gasteiger partial charge in [0.15, 0.2) is 0 Å². The van der Waals surface area contributed by atoms with Gasteiger partial charge in [-0.3, -0.25) is 0 Å². The lowest BCUT2D eigenvalue weighted by Gasteiger charge is -2.22. The highest BCUT2D eigenvalue weighted by atomic mass is 19.4. The molecule has 0 saturated heterocycles. The fourth-order valence-corrected chi connectivity index (χ4v) is 1.85. The summed E-state index contributed by atoms with van der Waals surface area (Å²) in [5.74, 6) is 0.709. The molecule has 1 rings (SSSR count). The van der Waals surface area contributed by atoms with Crippen LogP contribution in [-0.4, -0.2) is 38.7 Å². The summed E-state index contributed by atoms with van der Waals surface area (Å²) in [6.45, 7) is 0. The van der Waals surface area contributed by atoms with Crippen LogP contribution in [0.15, 0.2) is 12.1 Å². The van der Waals surface area contributed by atoms with Crippen molar-refractivity contribution in [1.82, 2.24) is 0 Å². The fourth-order valence-electron chi connectivity index (χ4n) is 1.85. The van der Waals surface area contributed by atoms with E-state index in [-0.39, 0.29) is 17.1 Å². The van der Waals surface area contributed by atoms with Gasteiger partial charge in [0.25, 0.3) is 0 Å². The van der Waals surface area contributed by atoms with Crippen LogP contribution in [0.3, 0.4) is 0 Å². The molecule has 0 radical (unpaired) electrons. The second-order valence-electron chi connectivity index (χ2n) is 4.35. The molecular formula is C13H18F3NO4. The van der Waals surface area contributed by atoms with Crippen molar-refractivity contribution in [1.29, 1.82) is 0 Å². The highest BCUT2D eigenvalue weighted by Gasteiger charge is 2.39. The lowest BCUT2D eigenvalue weighted by molar-refractivity contribution is -0.154. The van der Waals surface area contributed by atoms with E-state index in [9.17, 15) is 18.3 Å². The number of methoxy groups -OCH3 is 3. The van der Waals surface area contributed by atoms with E-state index < -0.39 is 24.7 Å². The number of hydrogen-bond donors (Lipinski definition) is 2. The zero-order chi connectivity index (χ0) is 16.2. The maximum Gasteiger partial charge on any atom is 0.403 e. The van der Waals surface area contributed by atoms with E-state index in [1.807, 2.05) is 0 Å². The van der Waals surface area contributed by atoms with Gasteiger partial charge < -0.3 is 25.1 Å². The Morgan fingerprint density at radius 1 is 1.10 bits per heavy atom. The number of ether oxygens (including phenoxy) is 3. The predicted molar refractivity (Wildman–Crippen MR) is 69.7 cm³/mol. The van der Waals surface area contributed by atoms with Crippen molar-refractivity contribution in [2.24, 2.45) is 5.73 Å². The Morgan fingerprint density at radius 3 is 1.90 bits per heavy atom. The smallest absolute Gasteiger partial charge is 0.403 e. The number of halogens is 3. The SMILES string of the molecule is COc1cc(OC)c([C@H](O)C[C@H](N)C(F)(F)F)c(OC)c1. The molecule has 0 spiro atoms. The van der Waals surface area contributed by atoms with Crippen molar-refractivity contribution in [3.8, 4) is 17.2 Å². The Balaban J connectivity index is 3.15. The maximum atomic E-state index is 12.5. The number of aliphatic hydroxyl groups is 1. The lowest BCUT2D eigenvalue weighted by Crippen LogP contribution is -2.38. The van der Waals surface area contributed by atoms with E-state index in [1.165, 1.54) is 33.5 Å². The van der Waals surface area contributed by atoms with Gasteiger partial charge >= 0.3 is 6.18 Å². The molecule has 5 nitrogen and oxygen atoms in total. The quantitative estimate of drug-likeness (QED) is 0.841. The Morgan fingerprint density at radius 2 is 1.57 bits per heavy atom. The summed E-state index contributed by atoms with van der Waals surface area (Å²) in [6.07, 6.45) is -6.78. The van der Waals surface area contributed by atoms with Gasteiger partial charge in [-0.1, -0.05) is 0 Å². The molecule has 0 aromatic heterocycles. The minimum absolute atomic E-state index is 0.0977. The second kappa shape index (κ2) is 6.86. The Kier molecular flexibility index (Phi) is 5.68. The van der Waals surface area contributed by atoms with E-state index >= 15 is 0 Å². The third-order valence-corrected chi connectivity index (χ3v) is 2.98. The van der Waals surface area contributed by atoms with Crippen molar-refractivity contribution < 1.29 is 32.5 Å². The monoisotopic (exact) mass is 309 g/mol. The van der Waals surface area contributed by atoms with Crippen LogP contribution in [0.5, 0.6) is 17.2 Å². The van der Waals surface area contributed by atoms with Crippen LogP contribution in [0, 0.1) is 0 Å². The predicted octanol–water partition coefficient (Wildman–Crippen LogP) is 2.03. The first-order chi connectivity index (χ1) is 9.74. The van der Waals surface area contributed by atoms with E-state index in [0.29, 0.717) is 5.75 Å². The van der Waals surface area contributed by atoms with Crippen LogP contribution >= 0.6 is 0 Å². The molecule has 0 bridgehead atoms. The first kappa shape index (κ1) is 17.4. The van der Waals surface area contributed by atoms with Gasteiger partial charge in [-0.25, -0.2) is 0 Å². The van der Waals surface area contributed by atoms with Crippen molar-refractivity contribution >= 4 is 0 Å². The van der Waals surface area contributed by atoms with Crippen molar-refractivity contribution in [2.75, 3.05) is 21.3 Å². The number of aliphatic hydroxyl groups excluding tert-OH is 1. The van der Waals surface area contributed by atoms with Crippen LogP contribution in [-0.2, 0) is 0 Å². The number of alkyl halides is 3. The maximum absolute atomic E-state index is 12.5. The van der Waals surface area contributed by atoms with Gasteiger partial charge in [0.1, 0.15) is 23.3 Å². The first-order valence-electron chi connectivity index (χ1n) is 6.04. The highest BCUT2D eigenvalue weighted by Crippen LogP contribution is 2.40. The van der Waals surface area contributed by atoms with Crippen molar-refractivity contribution in [2.45, 2.75) is 24.7 Å². The van der Waals surface area contributed by atoms with Crippen LogP contribution in [0.2, 0.25) is 0 Å². The third kappa shape index (κ3) is 4.15. The van der Waals surface area contributed by atoms with E-state index in [0.717, 1.165) is 0 Å². The van der Waals surface area contributed by atoms with Crippen LogP contribution < -0.4 is 19.9 Å². The summed E-state index contributed by atoms with van der Waals surface area (Å²) in [4.78, 5) is 0. The lowest BCUT2D eigenvalue weighted by atomic mass is 9.99. The van der Waals surface area contributed by atoms with Crippen LogP contribution in [0.4, 0.5) is 13.2 Å². The number of hydrogen-bond acceptors (Lipinski definition) is 5. The molecule has 8 heteroatoms. The van der Waals surface area contributed by atoms with Gasteiger partial charge in [-0.05, 0) is 0 Å². The topological polar surface area (TPSA) is 73.9 Å². The Bertz CT molecular complexity index is 454. The van der Waals surface area contributed by atoms with Gasteiger partial charge in [0.2, 0.25) is 0 Å². The van der Waals surface area contributed by atoms with Crippen molar-refractivity contribution in [3.63, 3.8) is 0 Å². The van der Waals surface area contributed by atoms with Crippen LogP contribution in [0.1, 0.15) is 18.1 Å². The molecule has 0 aliphatic carbocycles. The van der Waals surface area contributed by atoms with E-state index in [1.54, 1.807) is 0 Å². The number of benzene rings is 1. The average molecular weight is 309 g/mol. The summed E-state index contributed by atoms with van der Waals surface area (Å²) in [5.41, 5.74) is 5.13. The van der Waals surface area contributed by atoms with Gasteiger partial charge in [-0.2, -0.15) is 13.2 Å². The van der Waals surface area contributed by atoms with Gasteiger partial charge in [-0.15, -0.1) is 0 Å². The van der Waals surface area contributed by atoms with Crippen molar-refractivity contribution in [3.05, 3.63) is 17.7 Å². The average Bonchev–Trinajstić information content (AvgIpc) is 2.44. The summed E-state index contributed by atoms with van der Waals surface area (Å²) in [6, 6.07) is 0.740. The molecule has 0 amide bonds. The molecule has 2 atom stereocenters. The standard InChI is InChI=1S/C13H18F3NO4/c1-19-7-4-9(20-2)12(10(5-7)21-3)8(18)6-11(17)13(14,15)16/h4-5,8,11,18H,6,17H2,1-3H3/t8-,11+/m1/s1. The normalized spacial score (nSPS) is 14.5. The molecule has 0 saturated carbocycles. The zero-order valence-electron chi connectivity index (χ0n) is 11.9. The Labute approximate surface area is 120 Å². The summed E-state index contributed by atoms with van der Waals surface area (Å²) >= 11 is 0. The molecule has 1 aromatic rings. The molecule has 1 aromatic carbocycles. The number of rotatable bonds is 6. The summed E-state index contributed by atoms with van der Waals surface area (Å²) < 4.78 is 52.6. The highest BCUT2D eigenvalue weighted by molar-refractivity contribution is 5.51. The largest absolute Gasteiger partial charge is 0.496 e. The second-order valence-corrected chi connectivity index (χ2v) is 4.35. The molecular weight excluding hydrogens is 291 g/mol. The molecule has 0 fully saturated rings. The summed E-state index contributed by atoms with van der Waals surface area (Å²) in [7, 11) is 4.08. The van der Waals surface area contributed by atoms with Gasteiger partial charge in [0, 0.05) is 18.6 Å². The fraction of sp³-hybridized carbons (Fsp3) is 0.538. The van der Waals surface area contributed by atoms with Gasteiger partial charge in [0.05, 0.1) is 33.0 Å². The zero-order valence-corrected chi connectivity index (χ0v) is 11.9. The summed E-state index contributed by atoms with van der Waals surface area (Å²) in [5, 5.41) is 10.1. The third-order valence-electron chi connectivity index (χ3n) is 2.98.